The van der Waals surface area contributed by atoms with Crippen molar-refractivity contribution in [2.45, 2.75) is 25.3 Å². The first-order valence-corrected chi connectivity index (χ1v) is 13.9. The lowest BCUT2D eigenvalue weighted by atomic mass is 9.99. The van der Waals surface area contributed by atoms with E-state index in [9.17, 15) is 9.18 Å². The molecule has 0 saturated carbocycles. The quantitative estimate of drug-likeness (QED) is 0.433. The van der Waals surface area contributed by atoms with Gasteiger partial charge in [0.2, 0.25) is 5.91 Å². The molecule has 3 aromatic rings. The summed E-state index contributed by atoms with van der Waals surface area (Å²) in [5.41, 5.74) is 2.17. The highest BCUT2D eigenvalue weighted by Gasteiger charge is 2.33. The van der Waals surface area contributed by atoms with Gasteiger partial charge in [0.15, 0.2) is 0 Å². The second-order valence-corrected chi connectivity index (χ2v) is 10.3. The van der Waals surface area contributed by atoms with Crippen molar-refractivity contribution in [2.24, 2.45) is 0 Å². The van der Waals surface area contributed by atoms with E-state index in [0.717, 1.165) is 89.5 Å². The Hall–Kier alpha value is -3.00. The number of nitrogens with one attached hydrogen (secondary N) is 1. The largest absolute Gasteiger partial charge is 0.496 e. The van der Waals surface area contributed by atoms with Gasteiger partial charge in [-0.3, -0.25) is 14.6 Å². The van der Waals surface area contributed by atoms with Gasteiger partial charge in [-0.25, -0.2) is 4.39 Å². The third kappa shape index (κ3) is 6.17. The SMILES string of the molecule is COc1ccc2ccccc2c1CCCCN1CCN(C(=O)C(c2ccc(F)cc2)N2CCNCC2)CC1. The maximum absolute atomic E-state index is 13.7. The smallest absolute Gasteiger partial charge is 0.244 e. The van der Waals surface area contributed by atoms with Crippen molar-refractivity contribution in [1.82, 2.24) is 20.0 Å². The number of ether oxygens (including phenoxy) is 1. The Morgan fingerprint density at radius 1 is 0.921 bits per heavy atom. The van der Waals surface area contributed by atoms with Crippen molar-refractivity contribution in [3.63, 3.8) is 0 Å². The predicted molar refractivity (Wildman–Crippen MR) is 150 cm³/mol. The number of amides is 1. The zero-order chi connectivity index (χ0) is 26.3. The fourth-order valence-electron chi connectivity index (χ4n) is 5.86. The van der Waals surface area contributed by atoms with Gasteiger partial charge < -0.3 is 15.0 Å². The summed E-state index contributed by atoms with van der Waals surface area (Å²) in [5, 5.41) is 5.89. The number of halogens is 1. The molecule has 38 heavy (non-hydrogen) atoms. The van der Waals surface area contributed by atoms with Crippen LogP contribution in [0.4, 0.5) is 4.39 Å². The molecule has 5 rings (SSSR count). The molecule has 1 unspecified atom stereocenters. The molecule has 2 aliphatic rings. The van der Waals surface area contributed by atoms with Crippen LogP contribution >= 0.6 is 0 Å². The molecule has 2 heterocycles. The van der Waals surface area contributed by atoms with Crippen LogP contribution in [0, 0.1) is 5.82 Å². The Morgan fingerprint density at radius 2 is 1.66 bits per heavy atom. The van der Waals surface area contributed by atoms with Crippen molar-refractivity contribution in [2.75, 3.05) is 66.0 Å². The normalized spacial score (nSPS) is 18.0. The minimum absolute atomic E-state index is 0.140. The fraction of sp³-hybridized carbons (Fsp3) is 0.452. The van der Waals surface area contributed by atoms with Crippen LogP contribution in [0.25, 0.3) is 10.8 Å². The Bertz CT molecular complexity index is 1200. The summed E-state index contributed by atoms with van der Waals surface area (Å²) in [4.78, 5) is 20.4. The van der Waals surface area contributed by atoms with E-state index in [0.29, 0.717) is 0 Å². The number of unbranched alkanes of at least 4 members (excludes halogenated alkanes) is 1. The van der Waals surface area contributed by atoms with Crippen LogP contribution in [0.2, 0.25) is 0 Å². The van der Waals surface area contributed by atoms with E-state index in [-0.39, 0.29) is 17.8 Å². The first-order chi connectivity index (χ1) is 18.6. The van der Waals surface area contributed by atoms with E-state index < -0.39 is 0 Å². The average molecular weight is 519 g/mol. The van der Waals surface area contributed by atoms with Crippen molar-refractivity contribution in [1.29, 1.82) is 0 Å². The van der Waals surface area contributed by atoms with Gasteiger partial charge in [0.1, 0.15) is 17.6 Å². The van der Waals surface area contributed by atoms with Gasteiger partial charge in [-0.2, -0.15) is 0 Å². The van der Waals surface area contributed by atoms with Crippen molar-refractivity contribution >= 4 is 16.7 Å². The molecule has 2 fully saturated rings. The van der Waals surface area contributed by atoms with Gasteiger partial charge in [-0.05, 0) is 60.3 Å². The number of fused-ring (bicyclic) bond motifs is 1. The maximum Gasteiger partial charge on any atom is 0.244 e. The monoisotopic (exact) mass is 518 g/mol. The third-order valence-corrected chi connectivity index (χ3v) is 7.99. The lowest BCUT2D eigenvalue weighted by Crippen LogP contribution is -2.54. The summed E-state index contributed by atoms with van der Waals surface area (Å²) in [7, 11) is 1.75. The molecule has 0 radical (unpaired) electrons. The van der Waals surface area contributed by atoms with Gasteiger partial charge in [0.05, 0.1) is 7.11 Å². The van der Waals surface area contributed by atoms with Gasteiger partial charge in [0.25, 0.3) is 0 Å². The number of piperazine rings is 2. The van der Waals surface area contributed by atoms with Crippen molar-refractivity contribution in [3.05, 3.63) is 77.6 Å². The minimum Gasteiger partial charge on any atom is -0.496 e. The van der Waals surface area contributed by atoms with Gasteiger partial charge in [-0.15, -0.1) is 0 Å². The molecular formula is C31H39FN4O2. The number of hydrogen-bond donors (Lipinski definition) is 1. The second kappa shape index (κ2) is 12.7. The molecule has 0 aliphatic carbocycles. The number of carbonyl (C=O) groups is 1. The van der Waals surface area contributed by atoms with Crippen LogP contribution in [0.5, 0.6) is 5.75 Å². The highest BCUT2D eigenvalue weighted by atomic mass is 19.1. The molecule has 1 N–H and O–H groups in total. The number of rotatable bonds is 9. The summed E-state index contributed by atoms with van der Waals surface area (Å²) in [6, 6.07) is 18.8. The van der Waals surface area contributed by atoms with Crippen LogP contribution in [-0.4, -0.2) is 86.6 Å². The first-order valence-electron chi connectivity index (χ1n) is 13.9. The maximum atomic E-state index is 13.7. The Morgan fingerprint density at radius 3 is 2.39 bits per heavy atom. The fourth-order valence-corrected chi connectivity index (χ4v) is 5.86. The molecule has 202 valence electrons. The summed E-state index contributed by atoms with van der Waals surface area (Å²) in [6.07, 6.45) is 3.20. The van der Waals surface area contributed by atoms with Crippen molar-refractivity contribution < 1.29 is 13.9 Å². The second-order valence-electron chi connectivity index (χ2n) is 10.3. The molecule has 6 nitrogen and oxygen atoms in total. The molecule has 2 aliphatic heterocycles. The number of benzene rings is 3. The zero-order valence-corrected chi connectivity index (χ0v) is 22.4. The van der Waals surface area contributed by atoms with Crippen LogP contribution in [0.1, 0.15) is 30.0 Å². The predicted octanol–water partition coefficient (Wildman–Crippen LogP) is 4.10. The highest BCUT2D eigenvalue weighted by molar-refractivity contribution is 5.87. The molecule has 1 atom stereocenters. The van der Waals surface area contributed by atoms with E-state index in [1.165, 1.54) is 28.5 Å². The third-order valence-electron chi connectivity index (χ3n) is 7.99. The molecule has 0 spiro atoms. The average Bonchev–Trinajstić information content (AvgIpc) is 2.97. The standard InChI is InChI=1S/C31H39FN4O2/c1-38-29-14-11-24-6-2-3-7-27(24)28(29)8-4-5-17-34-20-22-36(23-21-34)31(37)30(35-18-15-33-16-19-35)25-9-12-26(32)13-10-25/h2-3,6-7,9-14,30,33H,4-5,8,15-23H2,1H3. The molecule has 0 bridgehead atoms. The van der Waals surface area contributed by atoms with Gasteiger partial charge in [0, 0.05) is 57.9 Å². The van der Waals surface area contributed by atoms with Crippen LogP contribution < -0.4 is 10.1 Å². The summed E-state index contributed by atoms with van der Waals surface area (Å²) in [5.74, 6) is 0.838. The Labute approximate surface area is 225 Å². The van der Waals surface area contributed by atoms with E-state index in [2.05, 4.69) is 51.5 Å². The Kier molecular flexibility index (Phi) is 8.89. The number of nitrogens with zero attached hydrogens (tertiary/aromatic N) is 3. The number of methoxy groups -OCH3 is 1. The van der Waals surface area contributed by atoms with Crippen LogP contribution in [-0.2, 0) is 11.2 Å². The van der Waals surface area contributed by atoms with Crippen LogP contribution in [0.3, 0.4) is 0 Å². The first kappa shape index (κ1) is 26.6. The molecule has 0 aromatic heterocycles. The molecule has 2 saturated heterocycles. The van der Waals surface area contributed by atoms with E-state index in [1.807, 2.05) is 4.90 Å². The lowest BCUT2D eigenvalue weighted by molar-refractivity contribution is -0.139. The number of aryl methyl sites for hydroxylation is 1. The summed E-state index contributed by atoms with van der Waals surface area (Å²) < 4.78 is 19.3. The zero-order valence-electron chi connectivity index (χ0n) is 22.4. The van der Waals surface area contributed by atoms with E-state index in [1.54, 1.807) is 19.2 Å². The van der Waals surface area contributed by atoms with Crippen molar-refractivity contribution in [3.8, 4) is 5.75 Å². The molecule has 7 heteroatoms. The number of hydrogen-bond acceptors (Lipinski definition) is 5. The minimum atomic E-state index is -0.347. The molecule has 1 amide bonds. The van der Waals surface area contributed by atoms with Gasteiger partial charge >= 0.3 is 0 Å². The van der Waals surface area contributed by atoms with Gasteiger partial charge in [-0.1, -0.05) is 42.5 Å². The molecular weight excluding hydrogens is 479 g/mol. The lowest BCUT2D eigenvalue weighted by Gasteiger charge is -2.40. The highest BCUT2D eigenvalue weighted by Crippen LogP contribution is 2.29. The topological polar surface area (TPSA) is 48.1 Å². The number of carbonyl (C=O) groups excluding carboxylic acids is 1. The summed E-state index contributed by atoms with van der Waals surface area (Å²) in [6.45, 7) is 7.65. The van der Waals surface area contributed by atoms with E-state index in [4.69, 9.17) is 4.74 Å². The van der Waals surface area contributed by atoms with Crippen LogP contribution in [0.15, 0.2) is 60.7 Å². The Balaban J connectivity index is 1.14. The van der Waals surface area contributed by atoms with E-state index >= 15 is 0 Å². The molecule has 3 aromatic carbocycles. The summed E-state index contributed by atoms with van der Waals surface area (Å²) >= 11 is 0.